The third-order valence-electron chi connectivity index (χ3n) is 9.41. The summed E-state index contributed by atoms with van der Waals surface area (Å²) < 4.78 is 26.2. The fourth-order valence-electron chi connectivity index (χ4n) is 5.97. The third-order valence-corrected chi connectivity index (χ3v) is 11.2. The minimum absolute atomic E-state index is 0.0230. The van der Waals surface area contributed by atoms with E-state index >= 15 is 0 Å². The number of hydrogen-bond donors (Lipinski definition) is 7. The number of carbonyl (C=O) groups is 4. The average Bonchev–Trinajstić information content (AvgIpc) is 3.06. The lowest BCUT2D eigenvalue weighted by Gasteiger charge is -2.25. The summed E-state index contributed by atoms with van der Waals surface area (Å²) in [6.07, 6.45) is 11.7. The molecule has 0 bridgehead atoms. The Hall–Kier alpha value is -1.91. The molecule has 0 radical (unpaired) electrons. The normalized spacial score (nSPS) is 15.3. The van der Waals surface area contributed by atoms with Gasteiger partial charge in [-0.25, -0.2) is 8.42 Å². The van der Waals surface area contributed by atoms with Crippen LogP contribution in [-0.2, 0) is 29.0 Å². The molecule has 6 atom stereocenters. The van der Waals surface area contributed by atoms with Crippen LogP contribution in [0.15, 0.2) is 0 Å². The number of rotatable bonds is 33. The van der Waals surface area contributed by atoms with Gasteiger partial charge in [-0.3, -0.25) is 19.2 Å². The second kappa shape index (κ2) is 28.6. The molecule has 2 amide bonds. The van der Waals surface area contributed by atoms with Crippen LogP contribution < -0.4 is 22.1 Å². The Labute approximate surface area is 308 Å². The Bertz CT molecular complexity index is 1090. The van der Waals surface area contributed by atoms with Crippen molar-refractivity contribution in [2.75, 3.05) is 24.6 Å². The standard InChI is InChI=1S/C36H71BN4O9S/c1-5-6-7-8-9-10-11-12-13-18-23-51(49,50)26-30(19-14-16-21-38)36(46)41-34(29(4)42)33(44)24-27(2)35(45)40-31(20-15-17-22-39)32(43)25-28(3)37(47)48/h27-31,34,42,47-48H,5-26,38-39H2,1-4H3,(H,40,45)(H,41,46)/t27-,28-,29?,30-,31+,34+/m1/s1. The van der Waals surface area contributed by atoms with Crippen LogP contribution >= 0.6 is 0 Å². The number of aliphatic hydroxyl groups is 1. The quantitative estimate of drug-likeness (QED) is 0.0381. The monoisotopic (exact) mass is 747 g/mol. The maximum absolute atomic E-state index is 13.4. The van der Waals surface area contributed by atoms with Crippen LogP contribution in [0, 0.1) is 11.8 Å². The number of amides is 2. The summed E-state index contributed by atoms with van der Waals surface area (Å²) in [4.78, 5) is 52.8. The van der Waals surface area contributed by atoms with E-state index in [1.54, 1.807) is 0 Å². The highest BCUT2D eigenvalue weighted by atomic mass is 32.2. The first kappa shape index (κ1) is 49.1. The number of unbranched alkanes of at least 4 members (excludes halogenated alkanes) is 11. The van der Waals surface area contributed by atoms with Gasteiger partial charge in [-0.2, -0.15) is 0 Å². The number of sulfone groups is 1. The highest BCUT2D eigenvalue weighted by Crippen LogP contribution is 2.18. The van der Waals surface area contributed by atoms with Gasteiger partial charge in [-0.1, -0.05) is 85.0 Å². The Morgan fingerprint density at radius 1 is 0.686 bits per heavy atom. The lowest BCUT2D eigenvalue weighted by molar-refractivity contribution is -0.135. The van der Waals surface area contributed by atoms with Gasteiger partial charge in [0.2, 0.25) is 11.8 Å². The summed E-state index contributed by atoms with van der Waals surface area (Å²) in [5, 5.41) is 34.5. The molecule has 0 rings (SSSR count). The van der Waals surface area contributed by atoms with Crippen LogP contribution in [-0.4, -0.2) is 96.9 Å². The largest absolute Gasteiger partial charge is 0.454 e. The molecule has 51 heavy (non-hydrogen) atoms. The molecule has 0 aromatic rings. The molecule has 0 saturated carbocycles. The Morgan fingerprint density at radius 3 is 1.73 bits per heavy atom. The number of Topliss-reactive ketones (excluding diaryl/α,β-unsaturated/α-hetero) is 2. The maximum atomic E-state index is 13.4. The number of aliphatic hydroxyl groups excluding tert-OH is 1. The van der Waals surface area contributed by atoms with Gasteiger partial charge in [0, 0.05) is 18.8 Å². The van der Waals surface area contributed by atoms with Crippen molar-refractivity contribution < 1.29 is 42.8 Å². The topological polar surface area (TPSA) is 239 Å². The highest BCUT2D eigenvalue weighted by Gasteiger charge is 2.33. The van der Waals surface area contributed by atoms with Gasteiger partial charge in [-0.15, -0.1) is 0 Å². The van der Waals surface area contributed by atoms with E-state index in [9.17, 15) is 42.8 Å². The van der Waals surface area contributed by atoms with E-state index in [2.05, 4.69) is 17.6 Å². The van der Waals surface area contributed by atoms with E-state index in [0.717, 1.165) is 25.7 Å². The number of ketones is 2. The third kappa shape index (κ3) is 23.4. The molecule has 0 aliphatic carbocycles. The van der Waals surface area contributed by atoms with Gasteiger partial charge in [0.15, 0.2) is 21.4 Å². The minimum Gasteiger partial charge on any atom is -0.427 e. The number of nitrogens with two attached hydrogens (primary N) is 2. The van der Waals surface area contributed by atoms with Crippen LogP contribution in [0.25, 0.3) is 0 Å². The minimum atomic E-state index is -3.57. The number of hydrogen-bond acceptors (Lipinski definition) is 11. The molecule has 9 N–H and O–H groups in total. The molecule has 13 nitrogen and oxygen atoms in total. The van der Waals surface area contributed by atoms with Crippen LogP contribution in [0.3, 0.4) is 0 Å². The van der Waals surface area contributed by atoms with Gasteiger partial charge >= 0.3 is 7.12 Å². The Kier molecular flexibility index (Phi) is 27.5. The molecule has 0 aliphatic rings. The molecule has 0 aliphatic heterocycles. The Balaban J connectivity index is 5.37. The predicted molar refractivity (Wildman–Crippen MR) is 203 cm³/mol. The van der Waals surface area contributed by atoms with E-state index in [1.165, 1.54) is 52.9 Å². The Morgan fingerprint density at radius 2 is 1.22 bits per heavy atom. The molecular formula is C36H71BN4O9S. The second-order valence-electron chi connectivity index (χ2n) is 14.5. The van der Waals surface area contributed by atoms with Crippen molar-refractivity contribution in [2.24, 2.45) is 23.3 Å². The fourth-order valence-corrected chi connectivity index (χ4v) is 7.71. The summed E-state index contributed by atoms with van der Waals surface area (Å²) in [5.74, 6) is -5.22. The summed E-state index contributed by atoms with van der Waals surface area (Å²) in [6.45, 7) is 7.31. The lowest BCUT2D eigenvalue weighted by Crippen LogP contribution is -2.51. The summed E-state index contributed by atoms with van der Waals surface area (Å²) >= 11 is 0. The molecule has 1 unspecified atom stereocenters. The summed E-state index contributed by atoms with van der Waals surface area (Å²) in [6, 6.07) is -2.28. The molecule has 0 spiro atoms. The van der Waals surface area contributed by atoms with Crippen molar-refractivity contribution in [2.45, 2.75) is 167 Å². The van der Waals surface area contributed by atoms with Crippen LogP contribution in [0.5, 0.6) is 0 Å². The first-order chi connectivity index (χ1) is 24.1. The van der Waals surface area contributed by atoms with Crippen LogP contribution in [0.4, 0.5) is 0 Å². The molecule has 15 heteroatoms. The van der Waals surface area contributed by atoms with Crippen molar-refractivity contribution >= 4 is 40.3 Å². The molecule has 0 saturated heterocycles. The summed E-state index contributed by atoms with van der Waals surface area (Å²) in [5.41, 5.74) is 11.2. The SMILES string of the molecule is CCCCCCCCCCCCS(=O)(=O)C[C@@H](CCCCN)C(=O)N[C@H](C(=O)C[C@@H](C)C(=O)N[C@@H](CCCCN)C(=O)C[C@@H](C)B(O)O)C(C)O. The van der Waals surface area contributed by atoms with Gasteiger partial charge in [0.05, 0.1) is 29.6 Å². The first-order valence-electron chi connectivity index (χ1n) is 19.4. The molecule has 298 valence electrons. The van der Waals surface area contributed by atoms with E-state index in [4.69, 9.17) is 11.5 Å². The van der Waals surface area contributed by atoms with E-state index < -0.39 is 70.4 Å². The zero-order valence-electron chi connectivity index (χ0n) is 32.0. The molecule has 0 aromatic carbocycles. The number of carbonyl (C=O) groups excluding carboxylic acids is 4. The first-order valence-corrected chi connectivity index (χ1v) is 21.2. The number of nitrogens with one attached hydrogen (secondary N) is 2. The average molecular weight is 747 g/mol. The van der Waals surface area contributed by atoms with Gasteiger partial charge in [0.1, 0.15) is 6.04 Å². The van der Waals surface area contributed by atoms with Crippen molar-refractivity contribution in [1.82, 2.24) is 10.6 Å². The van der Waals surface area contributed by atoms with Gasteiger partial charge in [-0.05, 0) is 64.4 Å². The van der Waals surface area contributed by atoms with E-state index in [0.29, 0.717) is 45.2 Å². The smallest absolute Gasteiger partial charge is 0.427 e. The maximum Gasteiger partial charge on any atom is 0.454 e. The predicted octanol–water partition coefficient (Wildman–Crippen LogP) is 2.96. The molecule has 0 heterocycles. The van der Waals surface area contributed by atoms with Crippen molar-refractivity contribution in [3.63, 3.8) is 0 Å². The lowest BCUT2D eigenvalue weighted by atomic mass is 9.71. The second-order valence-corrected chi connectivity index (χ2v) is 16.7. The fraction of sp³-hybridized carbons (Fsp3) is 0.889. The molecule has 0 aromatic heterocycles. The van der Waals surface area contributed by atoms with Gasteiger partial charge < -0.3 is 37.3 Å². The van der Waals surface area contributed by atoms with E-state index in [1.807, 2.05) is 0 Å². The molecular weight excluding hydrogens is 675 g/mol. The van der Waals surface area contributed by atoms with Gasteiger partial charge in [0.25, 0.3) is 0 Å². The summed E-state index contributed by atoms with van der Waals surface area (Å²) in [7, 11) is -5.26. The zero-order chi connectivity index (χ0) is 38.8. The van der Waals surface area contributed by atoms with Crippen molar-refractivity contribution in [1.29, 1.82) is 0 Å². The van der Waals surface area contributed by atoms with Crippen LogP contribution in [0.2, 0.25) is 5.82 Å². The van der Waals surface area contributed by atoms with Crippen LogP contribution in [0.1, 0.15) is 143 Å². The molecule has 0 fully saturated rings. The zero-order valence-corrected chi connectivity index (χ0v) is 32.8. The van der Waals surface area contributed by atoms with E-state index in [-0.39, 0.29) is 43.0 Å². The van der Waals surface area contributed by atoms with Crippen molar-refractivity contribution in [3.05, 3.63) is 0 Å². The van der Waals surface area contributed by atoms with Crippen molar-refractivity contribution in [3.8, 4) is 0 Å². The highest BCUT2D eigenvalue weighted by molar-refractivity contribution is 7.91.